The number of hydrogen-bond acceptors (Lipinski definition) is 3. The number of carbonyl (C=O) groups excluding carboxylic acids is 1. The van der Waals surface area contributed by atoms with E-state index in [4.69, 9.17) is 0 Å². The number of ketones is 1. The van der Waals surface area contributed by atoms with Gasteiger partial charge in [0.15, 0.2) is 5.78 Å². The smallest absolute Gasteiger partial charge is 0.243 e. The van der Waals surface area contributed by atoms with Gasteiger partial charge in [-0.3, -0.25) is 4.79 Å². The molecule has 0 N–H and O–H groups in total. The van der Waals surface area contributed by atoms with Crippen LogP contribution in [-0.2, 0) is 10.0 Å². The predicted octanol–water partition coefficient (Wildman–Crippen LogP) is 6.23. The maximum atomic E-state index is 13.4. The molecule has 3 aromatic carbocycles. The number of rotatable bonds is 6. The number of carbonyl (C=O) groups is 1. The van der Waals surface area contributed by atoms with E-state index in [-0.39, 0.29) is 17.2 Å². The Morgan fingerprint density at radius 1 is 0.829 bits per heavy atom. The zero-order valence-corrected chi connectivity index (χ0v) is 21.0. The second-order valence-corrected chi connectivity index (χ2v) is 10.6. The first-order valence-electron chi connectivity index (χ1n) is 11.6. The van der Waals surface area contributed by atoms with Crippen molar-refractivity contribution in [2.45, 2.75) is 25.7 Å². The number of sulfonamides is 1. The van der Waals surface area contributed by atoms with Crippen molar-refractivity contribution in [3.8, 4) is 0 Å². The molecule has 0 saturated carbocycles. The fourth-order valence-electron chi connectivity index (χ4n) is 4.28. The first-order chi connectivity index (χ1) is 16.8. The van der Waals surface area contributed by atoms with Gasteiger partial charge in [-0.15, -0.1) is 0 Å². The van der Waals surface area contributed by atoms with E-state index in [1.165, 1.54) is 4.31 Å². The quantitative estimate of drug-likeness (QED) is 0.309. The Kier molecular flexibility index (Phi) is 7.29. The maximum Gasteiger partial charge on any atom is 0.243 e. The molecule has 1 aliphatic rings. The molecule has 4 rings (SSSR count). The van der Waals surface area contributed by atoms with Gasteiger partial charge in [0.05, 0.1) is 4.90 Å². The Balaban J connectivity index is 1.78. The van der Waals surface area contributed by atoms with Gasteiger partial charge in [-0.2, -0.15) is 4.31 Å². The number of allylic oxidation sites excluding steroid dienone is 4. The zero-order chi connectivity index (χ0) is 25.0. The van der Waals surface area contributed by atoms with Crippen LogP contribution in [-0.4, -0.2) is 31.6 Å². The maximum absolute atomic E-state index is 13.4. The van der Waals surface area contributed by atoms with E-state index in [2.05, 4.69) is 0 Å². The van der Waals surface area contributed by atoms with Crippen LogP contribution in [0.25, 0.3) is 5.57 Å². The van der Waals surface area contributed by atoms with Crippen molar-refractivity contribution in [2.75, 3.05) is 13.1 Å². The van der Waals surface area contributed by atoms with E-state index in [1.807, 2.05) is 87.5 Å². The summed E-state index contributed by atoms with van der Waals surface area (Å²) in [6.45, 7) is 6.38. The number of hydrogen-bond donors (Lipinski definition) is 0. The van der Waals surface area contributed by atoms with E-state index in [0.29, 0.717) is 12.1 Å². The molecule has 0 aromatic heterocycles. The van der Waals surface area contributed by atoms with E-state index in [9.17, 15) is 13.2 Å². The van der Waals surface area contributed by atoms with E-state index < -0.39 is 10.0 Å². The highest BCUT2D eigenvalue weighted by molar-refractivity contribution is 7.89. The second-order valence-electron chi connectivity index (χ2n) is 8.66. The third-order valence-corrected chi connectivity index (χ3v) is 8.16. The molecule has 1 fully saturated rings. The van der Waals surface area contributed by atoms with Crippen LogP contribution in [0, 0.1) is 6.92 Å². The monoisotopic (exact) mass is 483 g/mol. The average molecular weight is 484 g/mol. The largest absolute Gasteiger partial charge is 0.289 e. The fourth-order valence-corrected chi connectivity index (χ4v) is 5.66. The molecule has 0 spiro atoms. The molecule has 0 radical (unpaired) electrons. The van der Waals surface area contributed by atoms with Crippen LogP contribution in [0.4, 0.5) is 0 Å². The minimum Gasteiger partial charge on any atom is -0.289 e. The lowest BCUT2D eigenvalue weighted by atomic mass is 9.91. The van der Waals surface area contributed by atoms with Gasteiger partial charge in [0.25, 0.3) is 0 Å². The fraction of sp³-hybridized carbons (Fsp3) is 0.167. The molecule has 5 heteroatoms. The summed E-state index contributed by atoms with van der Waals surface area (Å²) in [4.78, 5) is 13.4. The van der Waals surface area contributed by atoms with E-state index in [0.717, 1.165) is 33.4 Å². The number of benzene rings is 3. The van der Waals surface area contributed by atoms with Crippen molar-refractivity contribution < 1.29 is 13.2 Å². The Hall–Kier alpha value is -3.54. The predicted molar refractivity (Wildman–Crippen MR) is 142 cm³/mol. The minimum absolute atomic E-state index is 0.0893. The van der Waals surface area contributed by atoms with Gasteiger partial charge >= 0.3 is 0 Å². The van der Waals surface area contributed by atoms with Gasteiger partial charge in [-0.1, -0.05) is 84.4 Å². The molecular formula is C30H29NO3S. The molecule has 3 aromatic rings. The van der Waals surface area contributed by atoms with Crippen LogP contribution < -0.4 is 0 Å². The van der Waals surface area contributed by atoms with Crippen LogP contribution in [0.3, 0.4) is 0 Å². The highest BCUT2D eigenvalue weighted by atomic mass is 32.2. The van der Waals surface area contributed by atoms with Crippen molar-refractivity contribution in [1.29, 1.82) is 0 Å². The third kappa shape index (κ3) is 5.26. The molecule has 0 aliphatic carbocycles. The van der Waals surface area contributed by atoms with Crippen molar-refractivity contribution in [3.05, 3.63) is 130 Å². The first-order valence-corrected chi connectivity index (χ1v) is 13.0. The van der Waals surface area contributed by atoms with Crippen LogP contribution in [0.1, 0.15) is 35.3 Å². The summed E-state index contributed by atoms with van der Waals surface area (Å²) in [6, 6.07) is 25.9. The highest BCUT2D eigenvalue weighted by Gasteiger charge is 2.33. The first kappa shape index (κ1) is 24.6. The molecule has 4 nitrogen and oxygen atoms in total. The van der Waals surface area contributed by atoms with Crippen molar-refractivity contribution in [3.63, 3.8) is 0 Å². The Morgan fingerprint density at radius 3 is 1.97 bits per heavy atom. The van der Waals surface area contributed by atoms with E-state index >= 15 is 0 Å². The van der Waals surface area contributed by atoms with Crippen molar-refractivity contribution in [2.24, 2.45) is 0 Å². The molecule has 0 amide bonds. The molecule has 178 valence electrons. The number of nitrogens with zero attached hydrogens (tertiary/aromatic N) is 1. The number of aryl methyl sites for hydroxylation is 1. The topological polar surface area (TPSA) is 54.5 Å². The van der Waals surface area contributed by atoms with Crippen molar-refractivity contribution in [1.82, 2.24) is 4.31 Å². The van der Waals surface area contributed by atoms with Crippen LogP contribution in [0.15, 0.2) is 119 Å². The summed E-state index contributed by atoms with van der Waals surface area (Å²) < 4.78 is 28.3. The van der Waals surface area contributed by atoms with Gasteiger partial charge in [0.1, 0.15) is 0 Å². The molecule has 0 unspecified atom stereocenters. The van der Waals surface area contributed by atoms with Crippen LogP contribution in [0.2, 0.25) is 0 Å². The Bertz CT molecular complexity index is 1420. The standard InChI is InChI=1S/C30H29NO3S/c1-4-24-20-31(35(33,34)27-17-15-22(2)16-18-27)21-29(24)23(3)28(25-11-7-5-8-12-25)19-30(32)26-13-9-6-10-14-26/h4-19H,20-21H2,1-3H3/b24-4+,28-19+,29-23+. The average Bonchev–Trinajstić information content (AvgIpc) is 3.33. The van der Waals surface area contributed by atoms with Crippen LogP contribution in [0.5, 0.6) is 0 Å². The summed E-state index contributed by atoms with van der Waals surface area (Å²) in [5.74, 6) is -0.0893. The van der Waals surface area contributed by atoms with Gasteiger partial charge in [0.2, 0.25) is 10.0 Å². The zero-order valence-electron chi connectivity index (χ0n) is 20.2. The lowest BCUT2D eigenvalue weighted by Crippen LogP contribution is -2.28. The molecular weight excluding hydrogens is 454 g/mol. The Morgan fingerprint density at radius 2 is 1.40 bits per heavy atom. The molecule has 0 bridgehead atoms. The van der Waals surface area contributed by atoms with Crippen molar-refractivity contribution >= 4 is 21.4 Å². The minimum atomic E-state index is -3.65. The third-order valence-electron chi connectivity index (χ3n) is 6.35. The molecule has 1 aliphatic heterocycles. The van der Waals surface area contributed by atoms with Gasteiger partial charge in [0, 0.05) is 18.7 Å². The molecule has 35 heavy (non-hydrogen) atoms. The normalized spacial score (nSPS) is 17.6. The molecule has 1 saturated heterocycles. The highest BCUT2D eigenvalue weighted by Crippen LogP contribution is 2.35. The lowest BCUT2D eigenvalue weighted by molar-refractivity contribution is 0.104. The summed E-state index contributed by atoms with van der Waals surface area (Å²) >= 11 is 0. The summed E-state index contributed by atoms with van der Waals surface area (Å²) in [7, 11) is -3.65. The SMILES string of the molecule is C\C=C1/CN(S(=O)(=O)c2ccc(C)cc2)C/C1=C(C)\C(=C/C(=O)c1ccccc1)c1ccccc1. The Labute approximate surface area is 208 Å². The summed E-state index contributed by atoms with van der Waals surface area (Å²) in [5.41, 5.74) is 6.11. The molecule has 1 heterocycles. The second kappa shape index (κ2) is 10.4. The van der Waals surface area contributed by atoms with Crippen LogP contribution >= 0.6 is 0 Å². The van der Waals surface area contributed by atoms with E-state index in [1.54, 1.807) is 30.3 Å². The molecule has 0 atom stereocenters. The summed E-state index contributed by atoms with van der Waals surface area (Å²) in [6.07, 6.45) is 3.63. The summed E-state index contributed by atoms with van der Waals surface area (Å²) in [5, 5.41) is 0. The van der Waals surface area contributed by atoms with Gasteiger partial charge in [-0.25, -0.2) is 8.42 Å². The van der Waals surface area contributed by atoms with Gasteiger partial charge < -0.3 is 0 Å². The lowest BCUT2D eigenvalue weighted by Gasteiger charge is -2.16. The van der Waals surface area contributed by atoms with Gasteiger partial charge in [-0.05, 0) is 66.8 Å².